The van der Waals surface area contributed by atoms with Gasteiger partial charge in [-0.1, -0.05) is 30.3 Å². The zero-order chi connectivity index (χ0) is 14.8. The van der Waals surface area contributed by atoms with Crippen LogP contribution in [0.5, 0.6) is 0 Å². The number of aromatic nitrogens is 1. The van der Waals surface area contributed by atoms with Crippen molar-refractivity contribution in [1.29, 1.82) is 0 Å². The first-order valence-corrected chi connectivity index (χ1v) is 6.53. The zero-order valence-corrected chi connectivity index (χ0v) is 11.4. The van der Waals surface area contributed by atoms with E-state index < -0.39 is 5.91 Å². The molecule has 0 saturated heterocycles. The number of amides is 1. The Labute approximate surface area is 121 Å². The number of nitroso groups, excluding NO2 is 1. The fourth-order valence-electron chi connectivity index (χ4n) is 2.47. The summed E-state index contributed by atoms with van der Waals surface area (Å²) < 4.78 is 0. The van der Waals surface area contributed by atoms with E-state index in [-0.39, 0.29) is 5.56 Å². The van der Waals surface area contributed by atoms with E-state index in [4.69, 9.17) is 0 Å². The molecule has 4 nitrogen and oxygen atoms in total. The summed E-state index contributed by atoms with van der Waals surface area (Å²) in [5.41, 5.74) is 4.13. The Morgan fingerprint density at radius 1 is 1.10 bits per heavy atom. The lowest BCUT2D eigenvalue weighted by molar-refractivity contribution is 0.100. The van der Waals surface area contributed by atoms with Crippen molar-refractivity contribution < 1.29 is 4.79 Å². The molecule has 1 heterocycles. The van der Waals surface area contributed by atoms with Crippen molar-refractivity contribution in [2.75, 3.05) is 0 Å². The van der Waals surface area contributed by atoms with Gasteiger partial charge in [0.05, 0.1) is 5.52 Å². The van der Waals surface area contributed by atoms with Gasteiger partial charge in [-0.2, -0.15) is 0 Å². The third kappa shape index (κ3) is 2.31. The molecule has 0 atom stereocenters. The molecular formula is C17H12N2O2. The number of pyridine rings is 1. The fraction of sp³-hybridized carbons (Fsp3) is 0.0588. The maximum absolute atomic E-state index is 11.5. The third-order valence-electron chi connectivity index (χ3n) is 3.45. The van der Waals surface area contributed by atoms with E-state index in [1.165, 1.54) is 0 Å². The van der Waals surface area contributed by atoms with Gasteiger partial charge in [0, 0.05) is 22.3 Å². The Balaban J connectivity index is 2.34. The van der Waals surface area contributed by atoms with Gasteiger partial charge in [0.25, 0.3) is 0 Å². The summed E-state index contributed by atoms with van der Waals surface area (Å²) in [5, 5.41) is 3.32. The molecule has 3 rings (SSSR count). The van der Waals surface area contributed by atoms with Crippen molar-refractivity contribution in [1.82, 2.24) is 4.98 Å². The first-order valence-electron chi connectivity index (χ1n) is 6.53. The van der Waals surface area contributed by atoms with Crippen LogP contribution in [-0.4, -0.2) is 10.9 Å². The molecule has 4 heteroatoms. The van der Waals surface area contributed by atoms with E-state index in [9.17, 15) is 9.70 Å². The van der Waals surface area contributed by atoms with Crippen molar-refractivity contribution in [3.63, 3.8) is 0 Å². The van der Waals surface area contributed by atoms with E-state index in [0.29, 0.717) is 0 Å². The number of hydrogen-bond acceptors (Lipinski definition) is 3. The Morgan fingerprint density at radius 3 is 2.57 bits per heavy atom. The van der Waals surface area contributed by atoms with Gasteiger partial charge in [-0.05, 0) is 41.8 Å². The smallest absolute Gasteiger partial charge is 0.263 e. The average molecular weight is 276 g/mol. The summed E-state index contributed by atoms with van der Waals surface area (Å²) >= 11 is 0. The number of nitrogens with zero attached hydrogens (tertiary/aromatic N) is 2. The molecule has 1 amide bonds. The summed E-state index contributed by atoms with van der Waals surface area (Å²) in [6.45, 7) is 1.97. The van der Waals surface area contributed by atoms with Gasteiger partial charge in [-0.15, -0.1) is 4.91 Å². The topological polar surface area (TPSA) is 59.4 Å². The van der Waals surface area contributed by atoms with Crippen molar-refractivity contribution >= 4 is 16.8 Å². The van der Waals surface area contributed by atoms with Crippen LogP contribution < -0.4 is 0 Å². The third-order valence-corrected chi connectivity index (χ3v) is 3.45. The molecular weight excluding hydrogens is 264 g/mol. The van der Waals surface area contributed by atoms with Crippen LogP contribution in [0.1, 0.15) is 15.9 Å². The van der Waals surface area contributed by atoms with E-state index in [0.717, 1.165) is 27.6 Å². The van der Waals surface area contributed by atoms with Crippen LogP contribution in [0.3, 0.4) is 0 Å². The summed E-state index contributed by atoms with van der Waals surface area (Å²) in [6.07, 6.45) is 1.81. The molecule has 0 aliphatic heterocycles. The number of carbonyl (C=O) groups excluding carboxylic acids is 1. The largest absolute Gasteiger partial charge is 0.316 e. The van der Waals surface area contributed by atoms with E-state index in [2.05, 4.69) is 10.2 Å². The molecule has 102 valence electrons. The highest BCUT2D eigenvalue weighted by molar-refractivity contribution is 6.02. The fourth-order valence-corrected chi connectivity index (χ4v) is 2.47. The molecule has 0 bridgehead atoms. The number of rotatable bonds is 2. The molecule has 21 heavy (non-hydrogen) atoms. The van der Waals surface area contributed by atoms with Crippen LogP contribution in [0, 0.1) is 11.8 Å². The number of carbonyl (C=O) groups is 1. The van der Waals surface area contributed by atoms with E-state index >= 15 is 0 Å². The molecule has 3 aromatic rings. The van der Waals surface area contributed by atoms with Crippen LogP contribution in [0.15, 0.2) is 59.9 Å². The summed E-state index contributed by atoms with van der Waals surface area (Å²) in [4.78, 5) is 26.3. The Kier molecular flexibility index (Phi) is 3.28. The lowest BCUT2D eigenvalue weighted by atomic mass is 9.96. The van der Waals surface area contributed by atoms with Gasteiger partial charge in [-0.3, -0.25) is 9.78 Å². The molecule has 0 radical (unpaired) electrons. The highest BCUT2D eigenvalue weighted by atomic mass is 16.3. The van der Waals surface area contributed by atoms with Crippen LogP contribution >= 0.6 is 0 Å². The second-order valence-corrected chi connectivity index (χ2v) is 4.81. The molecule has 0 unspecified atom stereocenters. The first kappa shape index (κ1) is 13.1. The second kappa shape index (κ2) is 5.25. The molecule has 0 saturated carbocycles. The van der Waals surface area contributed by atoms with Gasteiger partial charge >= 0.3 is 5.91 Å². The molecule has 1 aromatic heterocycles. The SMILES string of the molecule is Cc1cnc2ccc(C(=O)N=O)cc2c1-c1ccccc1. The lowest BCUT2D eigenvalue weighted by Gasteiger charge is -2.10. The predicted octanol–water partition coefficient (Wildman–Crippen LogP) is 4.12. The average Bonchev–Trinajstić information content (AvgIpc) is 2.54. The van der Waals surface area contributed by atoms with Crippen LogP contribution in [0.4, 0.5) is 0 Å². The van der Waals surface area contributed by atoms with E-state index in [1.54, 1.807) is 18.2 Å². The zero-order valence-electron chi connectivity index (χ0n) is 11.4. The predicted molar refractivity (Wildman–Crippen MR) is 82.0 cm³/mol. The first-order chi connectivity index (χ1) is 10.2. The summed E-state index contributed by atoms with van der Waals surface area (Å²) in [6, 6.07) is 14.9. The quantitative estimate of drug-likeness (QED) is 0.661. The molecule has 0 aliphatic carbocycles. The highest BCUT2D eigenvalue weighted by Gasteiger charge is 2.12. The summed E-state index contributed by atoms with van der Waals surface area (Å²) in [5.74, 6) is -0.766. The van der Waals surface area contributed by atoms with Crippen molar-refractivity contribution in [2.45, 2.75) is 6.92 Å². The minimum absolute atomic E-state index is 0.280. The number of benzene rings is 2. The Bertz CT molecular complexity index is 842. The van der Waals surface area contributed by atoms with Crippen LogP contribution in [0.25, 0.3) is 22.0 Å². The standard InChI is InChI=1S/C17H12N2O2/c1-11-10-18-15-8-7-13(17(20)19-21)9-14(15)16(11)12-5-3-2-4-6-12/h2-10H,1H3. The molecule has 0 N–H and O–H groups in total. The van der Waals surface area contributed by atoms with E-state index in [1.807, 2.05) is 43.5 Å². The highest BCUT2D eigenvalue weighted by Crippen LogP contribution is 2.31. The minimum Gasteiger partial charge on any atom is -0.263 e. The normalized spacial score (nSPS) is 10.5. The maximum atomic E-state index is 11.5. The molecule has 0 aliphatic rings. The second-order valence-electron chi connectivity index (χ2n) is 4.81. The van der Waals surface area contributed by atoms with Crippen molar-refractivity contribution in [3.8, 4) is 11.1 Å². The molecule has 2 aromatic carbocycles. The lowest BCUT2D eigenvalue weighted by Crippen LogP contribution is -1.95. The van der Waals surface area contributed by atoms with Crippen LogP contribution in [0.2, 0.25) is 0 Å². The minimum atomic E-state index is -0.766. The van der Waals surface area contributed by atoms with Gasteiger partial charge in [-0.25, -0.2) is 0 Å². The number of aryl methyl sites for hydroxylation is 1. The van der Waals surface area contributed by atoms with Crippen molar-refractivity contribution in [3.05, 3.63) is 70.8 Å². The summed E-state index contributed by atoms with van der Waals surface area (Å²) in [7, 11) is 0. The number of fused-ring (bicyclic) bond motifs is 1. The maximum Gasteiger partial charge on any atom is 0.316 e. The van der Waals surface area contributed by atoms with Crippen LogP contribution in [-0.2, 0) is 0 Å². The molecule has 0 fully saturated rings. The monoisotopic (exact) mass is 276 g/mol. The Morgan fingerprint density at radius 2 is 1.86 bits per heavy atom. The van der Waals surface area contributed by atoms with Gasteiger partial charge in [0.15, 0.2) is 0 Å². The Hall–Kier alpha value is -2.88. The van der Waals surface area contributed by atoms with Gasteiger partial charge in [0.2, 0.25) is 0 Å². The number of hydrogen-bond donors (Lipinski definition) is 0. The van der Waals surface area contributed by atoms with Crippen molar-refractivity contribution in [2.24, 2.45) is 5.18 Å². The molecule has 0 spiro atoms. The van der Waals surface area contributed by atoms with Gasteiger partial charge < -0.3 is 0 Å². The van der Waals surface area contributed by atoms with Gasteiger partial charge in [0.1, 0.15) is 0 Å².